The van der Waals surface area contributed by atoms with Gasteiger partial charge in [-0.2, -0.15) is 0 Å². The molecule has 2 aromatic carbocycles. The first-order valence-corrected chi connectivity index (χ1v) is 5.85. The summed E-state index contributed by atoms with van der Waals surface area (Å²) in [5, 5.41) is 8.97. The van der Waals surface area contributed by atoms with Gasteiger partial charge in [-0.3, -0.25) is 0 Å². The fourth-order valence-corrected chi connectivity index (χ4v) is 1.69. The fourth-order valence-electron chi connectivity index (χ4n) is 1.69. The first-order chi connectivity index (χ1) is 8.97. The summed E-state index contributed by atoms with van der Waals surface area (Å²) in [6, 6.07) is 10.2. The van der Waals surface area contributed by atoms with E-state index >= 15 is 0 Å². The zero-order valence-corrected chi connectivity index (χ0v) is 10.8. The number of benzene rings is 2. The Bertz CT molecular complexity index is 635. The molecule has 0 saturated carbocycles. The van der Waals surface area contributed by atoms with Crippen molar-refractivity contribution in [2.45, 2.75) is 13.8 Å². The van der Waals surface area contributed by atoms with E-state index in [9.17, 15) is 4.79 Å². The zero-order valence-electron chi connectivity index (χ0n) is 10.8. The molecule has 0 bridgehead atoms. The van der Waals surface area contributed by atoms with E-state index in [0.717, 1.165) is 11.1 Å². The van der Waals surface area contributed by atoms with Gasteiger partial charge in [0, 0.05) is 0 Å². The highest BCUT2D eigenvalue weighted by molar-refractivity contribution is 5.89. The van der Waals surface area contributed by atoms with Crippen molar-refractivity contribution in [3.8, 4) is 11.5 Å². The second-order valence-electron chi connectivity index (χ2n) is 4.43. The number of rotatable bonds is 3. The van der Waals surface area contributed by atoms with Crippen LogP contribution in [0.25, 0.3) is 0 Å². The van der Waals surface area contributed by atoms with Crippen LogP contribution in [-0.4, -0.2) is 11.1 Å². The Balaban J connectivity index is 2.40. The van der Waals surface area contributed by atoms with Gasteiger partial charge in [0.05, 0.1) is 11.3 Å². The molecule has 19 heavy (non-hydrogen) atoms. The molecule has 0 aliphatic rings. The van der Waals surface area contributed by atoms with Crippen LogP contribution < -0.4 is 10.5 Å². The van der Waals surface area contributed by atoms with Crippen LogP contribution in [-0.2, 0) is 0 Å². The predicted molar refractivity (Wildman–Crippen MR) is 73.8 cm³/mol. The highest BCUT2D eigenvalue weighted by atomic mass is 16.5. The molecule has 0 aliphatic carbocycles. The number of hydrogen-bond donors (Lipinski definition) is 2. The molecule has 0 saturated heterocycles. The quantitative estimate of drug-likeness (QED) is 0.827. The highest BCUT2D eigenvalue weighted by Gasteiger charge is 2.09. The lowest BCUT2D eigenvalue weighted by Gasteiger charge is -2.12. The molecule has 0 aliphatic heterocycles. The van der Waals surface area contributed by atoms with E-state index < -0.39 is 5.97 Å². The van der Waals surface area contributed by atoms with Crippen LogP contribution in [0.15, 0.2) is 36.4 Å². The monoisotopic (exact) mass is 257 g/mol. The van der Waals surface area contributed by atoms with Crippen LogP contribution in [0.3, 0.4) is 0 Å². The van der Waals surface area contributed by atoms with E-state index in [-0.39, 0.29) is 5.56 Å². The number of aryl methyl sites for hydroxylation is 2. The average molecular weight is 257 g/mol. The Morgan fingerprint density at radius 2 is 1.84 bits per heavy atom. The van der Waals surface area contributed by atoms with Crippen LogP contribution >= 0.6 is 0 Å². The number of aromatic carboxylic acids is 1. The number of carboxylic acid groups (broad SMARTS) is 1. The number of anilines is 1. The Morgan fingerprint density at radius 1 is 1.11 bits per heavy atom. The molecule has 0 atom stereocenters. The maximum absolute atomic E-state index is 10.9. The lowest BCUT2D eigenvalue weighted by atomic mass is 10.1. The molecule has 4 heteroatoms. The molecule has 2 aromatic rings. The van der Waals surface area contributed by atoms with Gasteiger partial charge < -0.3 is 15.6 Å². The number of carbonyl (C=O) groups is 1. The van der Waals surface area contributed by atoms with Crippen molar-refractivity contribution in [1.82, 2.24) is 0 Å². The molecule has 0 fully saturated rings. The van der Waals surface area contributed by atoms with E-state index in [1.165, 1.54) is 18.2 Å². The minimum atomic E-state index is -1.01. The number of nitrogen functional groups attached to an aromatic ring is 1. The summed E-state index contributed by atoms with van der Waals surface area (Å²) in [5.74, 6) is 0.0219. The summed E-state index contributed by atoms with van der Waals surface area (Å²) in [7, 11) is 0. The van der Waals surface area contributed by atoms with Crippen molar-refractivity contribution in [2.75, 3.05) is 5.73 Å². The Morgan fingerprint density at radius 3 is 2.53 bits per heavy atom. The van der Waals surface area contributed by atoms with Crippen molar-refractivity contribution in [3.05, 3.63) is 53.1 Å². The zero-order chi connectivity index (χ0) is 14.0. The molecule has 98 valence electrons. The van der Waals surface area contributed by atoms with E-state index in [0.29, 0.717) is 17.2 Å². The van der Waals surface area contributed by atoms with Crippen LogP contribution in [0, 0.1) is 13.8 Å². The topological polar surface area (TPSA) is 72.5 Å². The smallest absolute Gasteiger partial charge is 0.335 e. The lowest BCUT2D eigenvalue weighted by molar-refractivity contribution is 0.0696. The van der Waals surface area contributed by atoms with E-state index in [2.05, 4.69) is 0 Å². The van der Waals surface area contributed by atoms with Crippen LogP contribution in [0.4, 0.5) is 5.69 Å². The predicted octanol–water partition coefficient (Wildman–Crippen LogP) is 3.38. The largest absolute Gasteiger partial charge is 0.478 e. The van der Waals surface area contributed by atoms with Crippen molar-refractivity contribution in [2.24, 2.45) is 0 Å². The van der Waals surface area contributed by atoms with Gasteiger partial charge in [-0.15, -0.1) is 0 Å². The molecule has 0 spiro atoms. The van der Waals surface area contributed by atoms with E-state index in [1.807, 2.05) is 32.0 Å². The molecule has 0 unspecified atom stereocenters. The average Bonchev–Trinajstić information content (AvgIpc) is 2.36. The summed E-state index contributed by atoms with van der Waals surface area (Å²) in [6.45, 7) is 3.88. The maximum atomic E-state index is 10.9. The first-order valence-electron chi connectivity index (χ1n) is 5.85. The molecule has 3 N–H and O–H groups in total. The van der Waals surface area contributed by atoms with Gasteiger partial charge in [-0.25, -0.2) is 4.79 Å². The maximum Gasteiger partial charge on any atom is 0.335 e. The third kappa shape index (κ3) is 2.85. The van der Waals surface area contributed by atoms with Gasteiger partial charge >= 0.3 is 5.97 Å². The molecule has 2 rings (SSSR count). The molecule has 0 aromatic heterocycles. The van der Waals surface area contributed by atoms with E-state index in [4.69, 9.17) is 15.6 Å². The second-order valence-corrected chi connectivity index (χ2v) is 4.43. The lowest BCUT2D eigenvalue weighted by Crippen LogP contribution is -1.99. The van der Waals surface area contributed by atoms with Crippen molar-refractivity contribution in [3.63, 3.8) is 0 Å². The summed E-state index contributed by atoms with van der Waals surface area (Å²) in [5.41, 5.74) is 8.39. The first kappa shape index (κ1) is 13.0. The summed E-state index contributed by atoms with van der Waals surface area (Å²) < 4.78 is 5.72. The van der Waals surface area contributed by atoms with Crippen molar-refractivity contribution < 1.29 is 14.6 Å². The number of hydrogen-bond acceptors (Lipinski definition) is 3. The van der Waals surface area contributed by atoms with Gasteiger partial charge in [-0.1, -0.05) is 12.1 Å². The normalized spacial score (nSPS) is 10.2. The Labute approximate surface area is 111 Å². The van der Waals surface area contributed by atoms with Gasteiger partial charge in [0.1, 0.15) is 5.75 Å². The van der Waals surface area contributed by atoms with Gasteiger partial charge in [0.2, 0.25) is 0 Å². The number of carboxylic acids is 1. The van der Waals surface area contributed by atoms with Crippen molar-refractivity contribution >= 4 is 11.7 Å². The Kier molecular flexibility index (Phi) is 3.42. The molecule has 0 radical (unpaired) electrons. The molecular weight excluding hydrogens is 242 g/mol. The van der Waals surface area contributed by atoms with Gasteiger partial charge in [0.25, 0.3) is 0 Å². The molecule has 0 heterocycles. The number of nitrogens with two attached hydrogens (primary N) is 1. The van der Waals surface area contributed by atoms with Gasteiger partial charge in [0.15, 0.2) is 5.75 Å². The summed E-state index contributed by atoms with van der Waals surface area (Å²) in [6.07, 6.45) is 0. The van der Waals surface area contributed by atoms with E-state index in [1.54, 1.807) is 0 Å². The van der Waals surface area contributed by atoms with Crippen molar-refractivity contribution in [1.29, 1.82) is 0 Å². The third-order valence-corrected chi connectivity index (χ3v) is 2.82. The van der Waals surface area contributed by atoms with Gasteiger partial charge in [-0.05, 0) is 49.2 Å². The summed E-state index contributed by atoms with van der Waals surface area (Å²) >= 11 is 0. The van der Waals surface area contributed by atoms with Crippen LogP contribution in [0.5, 0.6) is 11.5 Å². The standard InChI is InChI=1S/C15H15NO3/c1-9-3-4-10(2)13(7-9)19-14-8-11(15(17)18)5-6-12(14)16/h3-8H,16H2,1-2H3,(H,17,18). The number of ether oxygens (including phenoxy) is 1. The SMILES string of the molecule is Cc1ccc(C)c(Oc2cc(C(=O)O)ccc2N)c1. The second kappa shape index (κ2) is 5.02. The minimum Gasteiger partial charge on any atom is -0.478 e. The molecule has 4 nitrogen and oxygen atoms in total. The molecular formula is C15H15NO3. The minimum absolute atomic E-state index is 0.148. The fraction of sp³-hybridized carbons (Fsp3) is 0.133. The summed E-state index contributed by atoms with van der Waals surface area (Å²) in [4.78, 5) is 10.9. The molecule has 0 amide bonds. The highest BCUT2D eigenvalue weighted by Crippen LogP contribution is 2.31. The Hall–Kier alpha value is -2.49. The third-order valence-electron chi connectivity index (χ3n) is 2.82. The van der Waals surface area contributed by atoms with Crippen LogP contribution in [0.1, 0.15) is 21.5 Å². The van der Waals surface area contributed by atoms with Crippen LogP contribution in [0.2, 0.25) is 0 Å².